The number of pyridine rings is 1. The number of cyclic esters (lactones) is 1. The van der Waals surface area contributed by atoms with Crippen LogP contribution in [0.15, 0.2) is 12.3 Å². The van der Waals surface area contributed by atoms with Gasteiger partial charge in [-0.2, -0.15) is 0 Å². The summed E-state index contributed by atoms with van der Waals surface area (Å²) < 4.78 is 20.6. The molecule has 2 unspecified atom stereocenters. The fraction of sp³-hybridized carbons (Fsp3) is 0.636. The molecule has 0 radical (unpaired) electrons. The molecule has 1 amide bonds. The number of aromatic nitrogens is 1. The minimum atomic E-state index is -1.13. The van der Waals surface area contributed by atoms with Gasteiger partial charge in [0.05, 0.1) is 13.2 Å². The Balaban J connectivity index is 0.000000323. The number of nitrogens with two attached hydrogens (primary N) is 1. The molecular formula is C22H34N2O8. The van der Waals surface area contributed by atoms with Gasteiger partial charge < -0.3 is 29.8 Å². The highest BCUT2D eigenvalue weighted by Gasteiger charge is 2.24. The van der Waals surface area contributed by atoms with E-state index in [2.05, 4.69) is 4.98 Å². The molecule has 3 N–H and O–H groups in total. The zero-order valence-corrected chi connectivity index (χ0v) is 19.4. The zero-order valence-electron chi connectivity index (χ0n) is 19.4. The van der Waals surface area contributed by atoms with Gasteiger partial charge in [0, 0.05) is 32.0 Å². The van der Waals surface area contributed by atoms with Gasteiger partial charge in [-0.3, -0.25) is 14.4 Å². The van der Waals surface area contributed by atoms with E-state index in [1.54, 1.807) is 13.8 Å². The number of carbonyl (C=O) groups excluding carboxylic acids is 3. The van der Waals surface area contributed by atoms with Crippen LogP contribution in [0.5, 0.6) is 11.5 Å². The number of ether oxygens (including phenoxy) is 4. The largest absolute Gasteiger partial charge is 0.493 e. The van der Waals surface area contributed by atoms with Crippen LogP contribution in [0, 0.1) is 0 Å². The van der Waals surface area contributed by atoms with Crippen molar-refractivity contribution in [2.45, 2.75) is 84.2 Å². The normalized spacial score (nSPS) is 19.6. The van der Waals surface area contributed by atoms with Gasteiger partial charge in [-0.25, -0.2) is 4.98 Å². The quantitative estimate of drug-likeness (QED) is 0.506. The topological polar surface area (TPSA) is 147 Å². The third-order valence-electron chi connectivity index (χ3n) is 4.36. The molecular weight excluding hydrogens is 420 g/mol. The summed E-state index contributed by atoms with van der Waals surface area (Å²) in [5, 5.41) is 9.67. The predicted molar refractivity (Wildman–Crippen MR) is 115 cm³/mol. The van der Waals surface area contributed by atoms with Crippen LogP contribution in [0.1, 0.15) is 76.7 Å². The SMILES string of the molecule is CC1CC(OC(C)(C)O)CCCCCC(=O)O1.COc1ccnc(C(N)=O)c1OC(C)=O. The third kappa shape index (κ3) is 10.5. The Bertz CT molecular complexity index is 776. The molecule has 1 aliphatic rings. The molecule has 180 valence electrons. The first-order valence-electron chi connectivity index (χ1n) is 10.5. The number of nitrogens with zero attached hydrogens (tertiary/aromatic N) is 1. The summed E-state index contributed by atoms with van der Waals surface area (Å²) in [4.78, 5) is 36.9. The van der Waals surface area contributed by atoms with Crippen LogP contribution < -0.4 is 15.2 Å². The van der Waals surface area contributed by atoms with Crippen molar-refractivity contribution in [2.24, 2.45) is 5.73 Å². The molecule has 2 rings (SSSR count). The van der Waals surface area contributed by atoms with Crippen molar-refractivity contribution in [1.82, 2.24) is 4.98 Å². The molecule has 0 spiro atoms. The van der Waals surface area contributed by atoms with Crippen LogP contribution in [0.3, 0.4) is 0 Å². The lowest BCUT2D eigenvalue weighted by molar-refractivity contribution is -0.213. The Hall–Kier alpha value is -2.72. The van der Waals surface area contributed by atoms with E-state index >= 15 is 0 Å². The molecule has 1 saturated heterocycles. The summed E-state index contributed by atoms with van der Waals surface area (Å²) in [6, 6.07) is 1.46. The number of aliphatic hydroxyl groups is 1. The third-order valence-corrected chi connectivity index (χ3v) is 4.36. The van der Waals surface area contributed by atoms with Gasteiger partial charge in [-0.1, -0.05) is 12.8 Å². The average Bonchev–Trinajstić information content (AvgIpc) is 2.66. The standard InChI is InChI=1S/C13H24O4.C9H10N2O4/c1-10-9-11(17-13(2,3)15)7-5-4-6-8-12(14)16-10;1-5(12)15-8-6(14-2)3-4-11-7(8)9(10)13/h10-11,15H,4-9H2,1-3H3;3-4H,1-2H3,(H2,10,13). The molecule has 10 heteroatoms. The lowest BCUT2D eigenvalue weighted by Gasteiger charge is -2.29. The molecule has 1 aromatic rings. The smallest absolute Gasteiger partial charge is 0.308 e. The summed E-state index contributed by atoms with van der Waals surface area (Å²) >= 11 is 0. The summed E-state index contributed by atoms with van der Waals surface area (Å²) in [5.74, 6) is -2.44. The predicted octanol–water partition coefficient (Wildman–Crippen LogP) is 2.50. The molecule has 1 aromatic heterocycles. The highest BCUT2D eigenvalue weighted by molar-refractivity contribution is 5.95. The van der Waals surface area contributed by atoms with Gasteiger partial charge in [-0.05, 0) is 33.6 Å². The fourth-order valence-electron chi connectivity index (χ4n) is 3.16. The van der Waals surface area contributed by atoms with Crippen LogP contribution in [0.4, 0.5) is 0 Å². The molecule has 10 nitrogen and oxygen atoms in total. The first-order valence-corrected chi connectivity index (χ1v) is 10.5. The molecule has 0 saturated carbocycles. The number of methoxy groups -OCH3 is 1. The minimum absolute atomic E-state index is 0.0455. The van der Waals surface area contributed by atoms with Crippen molar-refractivity contribution in [1.29, 1.82) is 0 Å². The van der Waals surface area contributed by atoms with E-state index < -0.39 is 17.7 Å². The summed E-state index contributed by atoms with van der Waals surface area (Å²) in [7, 11) is 1.38. The second-order valence-corrected chi connectivity index (χ2v) is 7.97. The van der Waals surface area contributed by atoms with Crippen LogP contribution in [-0.4, -0.2) is 53.0 Å². The number of hydrogen-bond acceptors (Lipinski definition) is 9. The second kappa shape index (κ2) is 13.0. The molecule has 0 bridgehead atoms. The highest BCUT2D eigenvalue weighted by atomic mass is 16.6. The lowest BCUT2D eigenvalue weighted by atomic mass is 10.0. The zero-order chi connectivity index (χ0) is 24.3. The van der Waals surface area contributed by atoms with E-state index in [0.29, 0.717) is 12.8 Å². The Kier molecular flexibility index (Phi) is 11.1. The van der Waals surface area contributed by atoms with Crippen molar-refractivity contribution in [3.8, 4) is 11.5 Å². The van der Waals surface area contributed by atoms with Gasteiger partial charge in [0.25, 0.3) is 5.91 Å². The number of esters is 2. The van der Waals surface area contributed by atoms with E-state index in [4.69, 9.17) is 24.7 Å². The van der Waals surface area contributed by atoms with Gasteiger partial charge in [0.2, 0.25) is 5.75 Å². The summed E-state index contributed by atoms with van der Waals surface area (Å²) in [5.41, 5.74) is 4.93. The molecule has 32 heavy (non-hydrogen) atoms. The van der Waals surface area contributed by atoms with Gasteiger partial charge in [-0.15, -0.1) is 0 Å². The molecule has 1 aliphatic heterocycles. The van der Waals surface area contributed by atoms with Crippen LogP contribution in [-0.2, 0) is 19.1 Å². The van der Waals surface area contributed by atoms with Crippen LogP contribution in [0.2, 0.25) is 0 Å². The van der Waals surface area contributed by atoms with E-state index in [9.17, 15) is 19.5 Å². The number of rotatable bonds is 5. The number of amides is 1. The maximum atomic E-state index is 11.4. The van der Waals surface area contributed by atoms with E-state index in [1.165, 1.54) is 26.3 Å². The molecule has 0 aromatic carbocycles. The Morgan fingerprint density at radius 2 is 1.97 bits per heavy atom. The van der Waals surface area contributed by atoms with Gasteiger partial charge in [0.1, 0.15) is 6.10 Å². The minimum Gasteiger partial charge on any atom is -0.493 e. The number of carbonyl (C=O) groups is 3. The maximum Gasteiger partial charge on any atom is 0.308 e. The Morgan fingerprint density at radius 1 is 1.28 bits per heavy atom. The maximum absolute atomic E-state index is 11.4. The monoisotopic (exact) mass is 454 g/mol. The molecule has 2 atom stereocenters. The molecule has 1 fully saturated rings. The number of primary amides is 1. The van der Waals surface area contributed by atoms with Gasteiger partial charge in [0.15, 0.2) is 17.2 Å². The van der Waals surface area contributed by atoms with Gasteiger partial charge >= 0.3 is 11.9 Å². The van der Waals surface area contributed by atoms with E-state index in [1.807, 2.05) is 6.92 Å². The first-order chi connectivity index (χ1) is 14.9. The second-order valence-electron chi connectivity index (χ2n) is 7.97. The average molecular weight is 455 g/mol. The van der Waals surface area contributed by atoms with Crippen LogP contribution in [0.25, 0.3) is 0 Å². The first kappa shape index (κ1) is 27.3. The highest BCUT2D eigenvalue weighted by Crippen LogP contribution is 2.29. The summed E-state index contributed by atoms with van der Waals surface area (Å²) in [6.45, 7) is 6.34. The van der Waals surface area contributed by atoms with Crippen molar-refractivity contribution in [2.75, 3.05) is 7.11 Å². The van der Waals surface area contributed by atoms with E-state index in [0.717, 1.165) is 25.7 Å². The Morgan fingerprint density at radius 3 is 2.53 bits per heavy atom. The van der Waals surface area contributed by atoms with Crippen molar-refractivity contribution >= 4 is 17.8 Å². The number of hydrogen-bond donors (Lipinski definition) is 2. The van der Waals surface area contributed by atoms with Crippen LogP contribution >= 0.6 is 0 Å². The lowest BCUT2D eigenvalue weighted by Crippen LogP contribution is -2.33. The summed E-state index contributed by atoms with van der Waals surface area (Å²) in [6.07, 6.45) is 6.13. The Labute approximate surface area is 188 Å². The van der Waals surface area contributed by atoms with E-state index in [-0.39, 0.29) is 35.4 Å². The molecule has 2 heterocycles. The molecule has 0 aliphatic carbocycles. The van der Waals surface area contributed by atoms with Crippen molar-refractivity contribution in [3.63, 3.8) is 0 Å². The van der Waals surface area contributed by atoms with Crippen molar-refractivity contribution < 1.29 is 38.4 Å². The fourth-order valence-corrected chi connectivity index (χ4v) is 3.16. The van der Waals surface area contributed by atoms with Crippen molar-refractivity contribution in [3.05, 3.63) is 18.0 Å².